The Hall–Kier alpha value is -2.11. The zero-order chi connectivity index (χ0) is 15.6. The Balaban J connectivity index is 2.35. The number of nitro benzene ring substituents is 1. The monoisotopic (exact) mass is 292 g/mol. The number of nitrogens with one attached hydrogen (secondary N) is 1. The molecule has 0 radical (unpaired) electrons. The molecule has 1 fully saturated rings. The average Bonchev–Trinajstić information content (AvgIpc) is 2.41. The van der Waals surface area contributed by atoms with Crippen LogP contribution < -0.4 is 5.32 Å². The summed E-state index contributed by atoms with van der Waals surface area (Å²) in [6, 6.07) is 4.49. The molecule has 2 rings (SSSR count). The Morgan fingerprint density at radius 2 is 2.24 bits per heavy atom. The minimum atomic E-state index is -1.03. The summed E-state index contributed by atoms with van der Waals surface area (Å²) in [6.45, 7) is 3.85. The number of hydrogen-bond acceptors (Lipinski definition) is 4. The Morgan fingerprint density at radius 3 is 2.81 bits per heavy atom. The highest BCUT2D eigenvalue weighted by Crippen LogP contribution is 2.36. The number of aliphatic carboxylic acids is 1. The highest BCUT2D eigenvalue weighted by molar-refractivity contribution is 5.83. The van der Waals surface area contributed by atoms with Gasteiger partial charge in [-0.2, -0.15) is 0 Å². The molecule has 1 saturated carbocycles. The van der Waals surface area contributed by atoms with Crippen molar-refractivity contribution in [1.29, 1.82) is 0 Å². The van der Waals surface area contributed by atoms with Gasteiger partial charge in [-0.05, 0) is 31.2 Å². The van der Waals surface area contributed by atoms with E-state index in [2.05, 4.69) is 5.32 Å². The van der Waals surface area contributed by atoms with Gasteiger partial charge in [0.15, 0.2) is 0 Å². The van der Waals surface area contributed by atoms with Crippen LogP contribution in [0, 0.1) is 23.0 Å². The number of nitrogens with zero attached hydrogens (tertiary/aromatic N) is 1. The SMILES string of the molecule is Cc1ccc([N+](=O)[O-])cc1NC1(C(=O)O)CCCC(C)C1. The fourth-order valence-corrected chi connectivity index (χ4v) is 3.03. The Labute approximate surface area is 123 Å². The van der Waals surface area contributed by atoms with Crippen molar-refractivity contribution in [2.75, 3.05) is 5.32 Å². The summed E-state index contributed by atoms with van der Waals surface area (Å²) in [5.74, 6) is -0.568. The first kappa shape index (κ1) is 15.3. The lowest BCUT2D eigenvalue weighted by atomic mass is 9.76. The van der Waals surface area contributed by atoms with Gasteiger partial charge in [0.1, 0.15) is 5.54 Å². The van der Waals surface area contributed by atoms with Crippen LogP contribution in [-0.4, -0.2) is 21.5 Å². The zero-order valence-electron chi connectivity index (χ0n) is 12.3. The number of benzene rings is 1. The summed E-state index contributed by atoms with van der Waals surface area (Å²) in [7, 11) is 0. The van der Waals surface area contributed by atoms with Crippen molar-refractivity contribution in [3.05, 3.63) is 33.9 Å². The number of carbonyl (C=O) groups is 1. The van der Waals surface area contributed by atoms with Crippen LogP contribution in [0.25, 0.3) is 0 Å². The van der Waals surface area contributed by atoms with Crippen molar-refractivity contribution in [2.45, 2.75) is 45.1 Å². The van der Waals surface area contributed by atoms with Gasteiger partial charge >= 0.3 is 5.97 Å². The number of carboxylic acids is 1. The van der Waals surface area contributed by atoms with Gasteiger partial charge in [-0.15, -0.1) is 0 Å². The van der Waals surface area contributed by atoms with Gasteiger partial charge < -0.3 is 10.4 Å². The largest absolute Gasteiger partial charge is 0.480 e. The van der Waals surface area contributed by atoms with Crippen molar-refractivity contribution < 1.29 is 14.8 Å². The van der Waals surface area contributed by atoms with Gasteiger partial charge in [0, 0.05) is 17.8 Å². The number of carboxylic acid groups (broad SMARTS) is 1. The summed E-state index contributed by atoms with van der Waals surface area (Å²) in [6.07, 6.45) is 2.93. The number of nitro groups is 1. The van der Waals surface area contributed by atoms with Gasteiger partial charge in [-0.3, -0.25) is 10.1 Å². The van der Waals surface area contributed by atoms with Crippen LogP contribution in [0.2, 0.25) is 0 Å². The van der Waals surface area contributed by atoms with E-state index < -0.39 is 16.4 Å². The van der Waals surface area contributed by atoms with E-state index in [1.54, 1.807) is 6.07 Å². The molecule has 0 saturated heterocycles. The fraction of sp³-hybridized carbons (Fsp3) is 0.533. The maximum atomic E-state index is 11.8. The lowest BCUT2D eigenvalue weighted by Gasteiger charge is -2.38. The second kappa shape index (κ2) is 5.71. The van der Waals surface area contributed by atoms with Crippen LogP contribution in [0.4, 0.5) is 11.4 Å². The molecule has 2 atom stereocenters. The molecule has 114 valence electrons. The minimum absolute atomic E-state index is 0.0347. The van der Waals surface area contributed by atoms with E-state index in [0.29, 0.717) is 24.4 Å². The second-order valence-corrected chi connectivity index (χ2v) is 5.97. The second-order valence-electron chi connectivity index (χ2n) is 5.97. The zero-order valence-corrected chi connectivity index (χ0v) is 12.3. The van der Waals surface area contributed by atoms with E-state index >= 15 is 0 Å². The highest BCUT2D eigenvalue weighted by atomic mass is 16.6. The van der Waals surface area contributed by atoms with E-state index in [4.69, 9.17) is 0 Å². The molecule has 1 aliphatic carbocycles. The molecule has 2 N–H and O–H groups in total. The molecule has 1 aromatic carbocycles. The molecule has 2 unspecified atom stereocenters. The summed E-state index contributed by atoms with van der Waals surface area (Å²) in [5.41, 5.74) is 0.269. The minimum Gasteiger partial charge on any atom is -0.480 e. The van der Waals surface area contributed by atoms with Gasteiger partial charge in [0.05, 0.1) is 4.92 Å². The van der Waals surface area contributed by atoms with E-state index in [1.807, 2.05) is 13.8 Å². The molecule has 0 aliphatic heterocycles. The normalized spacial score (nSPS) is 25.3. The van der Waals surface area contributed by atoms with E-state index in [9.17, 15) is 20.0 Å². The van der Waals surface area contributed by atoms with E-state index in [1.165, 1.54) is 12.1 Å². The van der Waals surface area contributed by atoms with Crippen LogP contribution in [-0.2, 0) is 4.79 Å². The average molecular weight is 292 g/mol. The lowest BCUT2D eigenvalue weighted by molar-refractivity contribution is -0.384. The van der Waals surface area contributed by atoms with Gasteiger partial charge in [0.2, 0.25) is 0 Å². The van der Waals surface area contributed by atoms with Gasteiger partial charge in [-0.1, -0.05) is 25.8 Å². The standard InChI is InChI=1S/C15H20N2O4/c1-10-4-3-7-15(9-10,14(18)19)16-13-8-12(17(20)21)6-5-11(13)2/h5-6,8,10,16H,3-4,7,9H2,1-2H3,(H,18,19). The summed E-state index contributed by atoms with van der Waals surface area (Å²) in [5, 5.41) is 23.6. The van der Waals surface area contributed by atoms with Crippen LogP contribution >= 0.6 is 0 Å². The van der Waals surface area contributed by atoms with Crippen molar-refractivity contribution >= 4 is 17.3 Å². The fourth-order valence-electron chi connectivity index (χ4n) is 3.03. The first-order valence-electron chi connectivity index (χ1n) is 7.11. The number of hydrogen-bond donors (Lipinski definition) is 2. The van der Waals surface area contributed by atoms with Crippen LogP contribution in [0.3, 0.4) is 0 Å². The topological polar surface area (TPSA) is 92.5 Å². The number of non-ortho nitro benzene ring substituents is 1. The maximum absolute atomic E-state index is 11.8. The van der Waals surface area contributed by atoms with Crippen molar-refractivity contribution in [1.82, 2.24) is 0 Å². The Morgan fingerprint density at radius 1 is 1.52 bits per heavy atom. The number of anilines is 1. The number of rotatable bonds is 4. The van der Waals surface area contributed by atoms with Gasteiger partial charge in [-0.25, -0.2) is 4.79 Å². The lowest BCUT2D eigenvalue weighted by Crippen LogP contribution is -2.49. The van der Waals surface area contributed by atoms with E-state index in [0.717, 1.165) is 18.4 Å². The predicted molar refractivity (Wildman–Crippen MR) is 79.5 cm³/mol. The first-order valence-corrected chi connectivity index (χ1v) is 7.11. The molecule has 6 heteroatoms. The third-order valence-corrected chi connectivity index (χ3v) is 4.21. The summed E-state index contributed by atoms with van der Waals surface area (Å²) < 4.78 is 0. The molecule has 0 heterocycles. The van der Waals surface area contributed by atoms with E-state index in [-0.39, 0.29) is 5.69 Å². The smallest absolute Gasteiger partial charge is 0.329 e. The third kappa shape index (κ3) is 3.15. The molecule has 0 aromatic heterocycles. The van der Waals surface area contributed by atoms with Crippen LogP contribution in [0.1, 0.15) is 38.2 Å². The van der Waals surface area contributed by atoms with Crippen molar-refractivity contribution in [3.63, 3.8) is 0 Å². The molecule has 21 heavy (non-hydrogen) atoms. The molecular formula is C15H20N2O4. The van der Waals surface area contributed by atoms with Crippen LogP contribution in [0.15, 0.2) is 18.2 Å². The third-order valence-electron chi connectivity index (χ3n) is 4.21. The first-order chi connectivity index (χ1) is 9.84. The summed E-state index contributed by atoms with van der Waals surface area (Å²) >= 11 is 0. The predicted octanol–water partition coefficient (Wildman–Crippen LogP) is 3.35. The summed E-state index contributed by atoms with van der Waals surface area (Å²) in [4.78, 5) is 22.2. The Bertz CT molecular complexity index is 573. The van der Waals surface area contributed by atoms with Gasteiger partial charge in [0.25, 0.3) is 5.69 Å². The molecule has 0 spiro atoms. The number of aryl methyl sites for hydroxylation is 1. The maximum Gasteiger partial charge on any atom is 0.329 e. The van der Waals surface area contributed by atoms with Crippen molar-refractivity contribution in [2.24, 2.45) is 5.92 Å². The molecule has 1 aliphatic rings. The van der Waals surface area contributed by atoms with Crippen LogP contribution in [0.5, 0.6) is 0 Å². The highest BCUT2D eigenvalue weighted by Gasteiger charge is 2.42. The molecule has 0 amide bonds. The molecular weight excluding hydrogens is 272 g/mol. The Kier molecular flexibility index (Phi) is 4.16. The quantitative estimate of drug-likeness (QED) is 0.655. The molecule has 0 bridgehead atoms. The van der Waals surface area contributed by atoms with Crippen molar-refractivity contribution in [3.8, 4) is 0 Å². The molecule has 1 aromatic rings. The molecule has 6 nitrogen and oxygen atoms in total.